The van der Waals surface area contributed by atoms with Gasteiger partial charge in [-0.1, -0.05) is 0 Å². The molecule has 2 N–H and O–H groups in total. The zero-order valence-electron chi connectivity index (χ0n) is 12.5. The van der Waals surface area contributed by atoms with Gasteiger partial charge in [-0.3, -0.25) is 4.79 Å². The number of rotatable bonds is 9. The van der Waals surface area contributed by atoms with Crippen LogP contribution in [0.15, 0.2) is 18.2 Å². The summed E-state index contributed by atoms with van der Waals surface area (Å²) < 4.78 is 10.5. The molecule has 0 aliphatic rings. The SMILES string of the molecule is CNCCCC(=O)Nc1ccc(OCCOC)cc1C. The van der Waals surface area contributed by atoms with Crippen LogP contribution in [-0.2, 0) is 9.53 Å². The molecule has 0 aliphatic carbocycles. The van der Waals surface area contributed by atoms with Crippen molar-refractivity contribution in [1.29, 1.82) is 0 Å². The monoisotopic (exact) mass is 280 g/mol. The summed E-state index contributed by atoms with van der Waals surface area (Å²) in [6.07, 6.45) is 1.35. The van der Waals surface area contributed by atoms with Crippen molar-refractivity contribution in [3.05, 3.63) is 23.8 Å². The molecule has 5 heteroatoms. The number of methoxy groups -OCH3 is 1. The minimum Gasteiger partial charge on any atom is -0.491 e. The van der Waals surface area contributed by atoms with Gasteiger partial charge in [-0.25, -0.2) is 0 Å². The number of aryl methyl sites for hydroxylation is 1. The average Bonchev–Trinajstić information content (AvgIpc) is 2.42. The van der Waals surface area contributed by atoms with Gasteiger partial charge in [0, 0.05) is 19.2 Å². The molecule has 1 amide bonds. The van der Waals surface area contributed by atoms with Crippen molar-refractivity contribution < 1.29 is 14.3 Å². The van der Waals surface area contributed by atoms with Crippen molar-refractivity contribution in [3.8, 4) is 5.75 Å². The highest BCUT2D eigenvalue weighted by molar-refractivity contribution is 5.91. The van der Waals surface area contributed by atoms with Crippen LogP contribution in [-0.4, -0.2) is 39.8 Å². The first kappa shape index (κ1) is 16.5. The number of carbonyl (C=O) groups excluding carboxylic acids is 1. The lowest BCUT2D eigenvalue weighted by atomic mass is 10.2. The van der Waals surface area contributed by atoms with E-state index in [0.29, 0.717) is 19.6 Å². The lowest BCUT2D eigenvalue weighted by Crippen LogP contribution is -2.15. The lowest BCUT2D eigenvalue weighted by Gasteiger charge is -2.11. The molecule has 0 radical (unpaired) electrons. The average molecular weight is 280 g/mol. The van der Waals surface area contributed by atoms with E-state index in [-0.39, 0.29) is 5.91 Å². The molecule has 1 rings (SSSR count). The smallest absolute Gasteiger partial charge is 0.224 e. The molecule has 1 aromatic rings. The molecule has 0 aromatic heterocycles. The first-order valence-corrected chi connectivity index (χ1v) is 6.84. The van der Waals surface area contributed by atoms with Crippen LogP contribution in [0.4, 0.5) is 5.69 Å². The molecule has 0 bridgehead atoms. The Morgan fingerprint density at radius 1 is 1.30 bits per heavy atom. The maximum atomic E-state index is 11.7. The van der Waals surface area contributed by atoms with Crippen LogP contribution in [0.2, 0.25) is 0 Å². The molecule has 0 fully saturated rings. The van der Waals surface area contributed by atoms with Crippen LogP contribution in [0.1, 0.15) is 18.4 Å². The third kappa shape index (κ3) is 6.04. The van der Waals surface area contributed by atoms with E-state index in [9.17, 15) is 4.79 Å². The normalized spacial score (nSPS) is 10.3. The number of nitrogens with one attached hydrogen (secondary N) is 2. The van der Waals surface area contributed by atoms with Gasteiger partial charge in [-0.2, -0.15) is 0 Å². The van der Waals surface area contributed by atoms with Crippen molar-refractivity contribution >= 4 is 11.6 Å². The van der Waals surface area contributed by atoms with Gasteiger partial charge in [-0.05, 0) is 50.7 Å². The Kier molecular flexibility index (Phi) is 7.69. The van der Waals surface area contributed by atoms with Crippen LogP contribution in [0, 0.1) is 6.92 Å². The zero-order chi connectivity index (χ0) is 14.8. The van der Waals surface area contributed by atoms with Gasteiger partial charge in [0.2, 0.25) is 5.91 Å². The molecule has 0 aliphatic heterocycles. The fraction of sp³-hybridized carbons (Fsp3) is 0.533. The zero-order valence-corrected chi connectivity index (χ0v) is 12.5. The van der Waals surface area contributed by atoms with Gasteiger partial charge in [0.25, 0.3) is 0 Å². The first-order valence-electron chi connectivity index (χ1n) is 6.84. The maximum Gasteiger partial charge on any atom is 0.224 e. The van der Waals surface area contributed by atoms with Crippen molar-refractivity contribution in [1.82, 2.24) is 5.32 Å². The van der Waals surface area contributed by atoms with E-state index in [1.54, 1.807) is 7.11 Å². The summed E-state index contributed by atoms with van der Waals surface area (Å²) >= 11 is 0. The van der Waals surface area contributed by atoms with E-state index < -0.39 is 0 Å². The maximum absolute atomic E-state index is 11.7. The summed E-state index contributed by atoms with van der Waals surface area (Å²) in [7, 11) is 3.52. The molecular formula is C15H24N2O3. The Hall–Kier alpha value is -1.59. The highest BCUT2D eigenvalue weighted by atomic mass is 16.5. The van der Waals surface area contributed by atoms with Crippen LogP contribution >= 0.6 is 0 Å². The minimum absolute atomic E-state index is 0.0383. The number of amides is 1. The Balaban J connectivity index is 2.48. The summed E-state index contributed by atoms with van der Waals surface area (Å²) in [5, 5.41) is 5.94. The van der Waals surface area contributed by atoms with Gasteiger partial charge in [-0.15, -0.1) is 0 Å². The predicted molar refractivity (Wildman–Crippen MR) is 80.3 cm³/mol. The summed E-state index contributed by atoms with van der Waals surface area (Å²) in [6.45, 7) is 3.87. The third-order valence-corrected chi connectivity index (χ3v) is 2.86. The summed E-state index contributed by atoms with van der Waals surface area (Å²) in [6, 6.07) is 5.64. The highest BCUT2D eigenvalue weighted by Gasteiger charge is 2.05. The van der Waals surface area contributed by atoms with E-state index in [4.69, 9.17) is 9.47 Å². The molecular weight excluding hydrogens is 256 g/mol. The summed E-state index contributed by atoms with van der Waals surface area (Å²) in [5.41, 5.74) is 1.82. The van der Waals surface area contributed by atoms with Crippen molar-refractivity contribution in [3.63, 3.8) is 0 Å². The Bertz CT molecular complexity index is 422. The van der Waals surface area contributed by atoms with Crippen molar-refractivity contribution in [2.75, 3.05) is 39.2 Å². The van der Waals surface area contributed by atoms with E-state index in [1.165, 1.54) is 0 Å². The second-order valence-corrected chi connectivity index (χ2v) is 4.57. The molecule has 0 heterocycles. The number of carbonyl (C=O) groups is 1. The third-order valence-electron chi connectivity index (χ3n) is 2.86. The van der Waals surface area contributed by atoms with Crippen molar-refractivity contribution in [2.45, 2.75) is 19.8 Å². The number of benzene rings is 1. The largest absolute Gasteiger partial charge is 0.491 e. The Labute approximate surface area is 120 Å². The molecule has 5 nitrogen and oxygen atoms in total. The van der Waals surface area contributed by atoms with Gasteiger partial charge in [0.1, 0.15) is 12.4 Å². The molecule has 0 saturated heterocycles. The number of hydrogen-bond acceptors (Lipinski definition) is 4. The van der Waals surface area contributed by atoms with Gasteiger partial charge in [0.05, 0.1) is 6.61 Å². The second-order valence-electron chi connectivity index (χ2n) is 4.57. The highest BCUT2D eigenvalue weighted by Crippen LogP contribution is 2.21. The molecule has 0 spiro atoms. The van der Waals surface area contributed by atoms with Crippen molar-refractivity contribution in [2.24, 2.45) is 0 Å². The van der Waals surface area contributed by atoms with Crippen LogP contribution < -0.4 is 15.4 Å². The standard InChI is InChI=1S/C15H24N2O3/c1-12-11-13(20-10-9-19-3)6-7-14(12)17-15(18)5-4-8-16-2/h6-7,11,16H,4-5,8-10H2,1-3H3,(H,17,18). The van der Waals surface area contributed by atoms with Gasteiger partial charge in [0.15, 0.2) is 0 Å². The Morgan fingerprint density at radius 2 is 2.10 bits per heavy atom. The molecule has 112 valence electrons. The van der Waals surface area contributed by atoms with Crippen LogP contribution in [0.5, 0.6) is 5.75 Å². The number of ether oxygens (including phenoxy) is 2. The first-order chi connectivity index (χ1) is 9.67. The quantitative estimate of drug-likeness (QED) is 0.679. The number of hydrogen-bond donors (Lipinski definition) is 2. The molecule has 1 aromatic carbocycles. The lowest BCUT2D eigenvalue weighted by molar-refractivity contribution is -0.116. The summed E-state index contributed by atoms with van der Waals surface area (Å²) in [4.78, 5) is 11.7. The van der Waals surface area contributed by atoms with Gasteiger partial charge < -0.3 is 20.1 Å². The topological polar surface area (TPSA) is 59.6 Å². The predicted octanol–water partition coefficient (Wildman–Crippen LogP) is 1.96. The fourth-order valence-electron chi connectivity index (χ4n) is 1.75. The van der Waals surface area contributed by atoms with Crippen LogP contribution in [0.25, 0.3) is 0 Å². The van der Waals surface area contributed by atoms with E-state index >= 15 is 0 Å². The van der Waals surface area contributed by atoms with E-state index in [0.717, 1.165) is 30.0 Å². The Morgan fingerprint density at radius 3 is 2.75 bits per heavy atom. The molecule has 0 unspecified atom stereocenters. The summed E-state index contributed by atoms with van der Waals surface area (Å²) in [5.74, 6) is 0.823. The second kappa shape index (κ2) is 9.34. The van der Waals surface area contributed by atoms with E-state index in [1.807, 2.05) is 32.2 Å². The van der Waals surface area contributed by atoms with Crippen LogP contribution in [0.3, 0.4) is 0 Å². The molecule has 0 saturated carbocycles. The fourth-order valence-corrected chi connectivity index (χ4v) is 1.75. The minimum atomic E-state index is 0.0383. The van der Waals surface area contributed by atoms with Gasteiger partial charge >= 0.3 is 0 Å². The molecule has 0 atom stereocenters. The molecule has 20 heavy (non-hydrogen) atoms. The van der Waals surface area contributed by atoms with E-state index in [2.05, 4.69) is 10.6 Å². The number of anilines is 1.